The minimum atomic E-state index is 0.782. The van der Waals surface area contributed by atoms with E-state index in [1.807, 2.05) is 24.3 Å². The molecule has 0 bridgehead atoms. The highest BCUT2D eigenvalue weighted by atomic mass is 35.5. The molecule has 2 aromatic rings. The van der Waals surface area contributed by atoms with Crippen molar-refractivity contribution in [2.45, 2.75) is 19.6 Å². The van der Waals surface area contributed by atoms with Crippen LogP contribution in [-0.4, -0.2) is 0 Å². The third-order valence-electron chi connectivity index (χ3n) is 2.25. The van der Waals surface area contributed by atoms with Gasteiger partial charge in [0.1, 0.15) is 0 Å². The van der Waals surface area contributed by atoms with Gasteiger partial charge >= 0.3 is 0 Å². The van der Waals surface area contributed by atoms with Crippen LogP contribution in [0.5, 0.6) is 0 Å². The molecular formula is C12H6Cl2S2. The Kier molecular flexibility index (Phi) is 2.84. The molecule has 80 valence electrons. The highest BCUT2D eigenvalue weighted by molar-refractivity contribution is 8.05. The van der Waals surface area contributed by atoms with Gasteiger partial charge < -0.3 is 0 Å². The third-order valence-corrected chi connectivity index (χ3v) is 5.25. The van der Waals surface area contributed by atoms with Crippen molar-refractivity contribution < 1.29 is 0 Å². The molecule has 3 rings (SSSR count). The van der Waals surface area contributed by atoms with Crippen LogP contribution in [-0.2, 0) is 0 Å². The molecule has 1 heterocycles. The van der Waals surface area contributed by atoms with Crippen LogP contribution in [0.15, 0.2) is 56.0 Å². The Bertz CT molecular complexity index is 515. The minimum Gasteiger partial charge on any atom is -0.0877 e. The molecule has 0 fully saturated rings. The quantitative estimate of drug-likeness (QED) is 0.526. The van der Waals surface area contributed by atoms with E-state index in [4.69, 9.17) is 23.2 Å². The first-order valence-electron chi connectivity index (χ1n) is 4.67. The number of fused-ring (bicyclic) bond motifs is 2. The SMILES string of the molecule is Clc1ccc2c(c1)Sc1ccc(Cl)cc1S2. The Morgan fingerprint density at radius 3 is 1.50 bits per heavy atom. The summed E-state index contributed by atoms with van der Waals surface area (Å²) in [7, 11) is 0. The predicted octanol–water partition coefficient (Wildman–Crippen LogP) is 5.61. The normalized spacial score (nSPS) is 13.1. The molecule has 0 aliphatic carbocycles. The second-order valence-electron chi connectivity index (χ2n) is 3.39. The van der Waals surface area contributed by atoms with Gasteiger partial charge in [-0.15, -0.1) is 0 Å². The molecular weight excluding hydrogens is 279 g/mol. The van der Waals surface area contributed by atoms with E-state index in [9.17, 15) is 0 Å². The van der Waals surface area contributed by atoms with E-state index >= 15 is 0 Å². The Hall–Kier alpha value is -0.280. The highest BCUT2D eigenvalue weighted by Gasteiger charge is 2.17. The average Bonchev–Trinajstić information content (AvgIpc) is 2.26. The molecule has 1 aliphatic rings. The van der Waals surface area contributed by atoms with Gasteiger partial charge in [0.15, 0.2) is 0 Å². The summed E-state index contributed by atoms with van der Waals surface area (Å²) in [5.74, 6) is 0. The van der Waals surface area contributed by atoms with Crippen LogP contribution in [0.2, 0.25) is 10.0 Å². The Labute approximate surface area is 112 Å². The molecule has 2 aromatic carbocycles. The lowest BCUT2D eigenvalue weighted by atomic mass is 10.3. The van der Waals surface area contributed by atoms with Crippen molar-refractivity contribution in [1.82, 2.24) is 0 Å². The average molecular weight is 285 g/mol. The molecule has 4 heteroatoms. The number of rotatable bonds is 0. The first-order chi connectivity index (χ1) is 7.72. The van der Waals surface area contributed by atoms with E-state index in [-0.39, 0.29) is 0 Å². The molecule has 0 radical (unpaired) electrons. The number of halogens is 2. The maximum Gasteiger partial charge on any atom is 0.0418 e. The lowest BCUT2D eigenvalue weighted by Gasteiger charge is -2.18. The van der Waals surface area contributed by atoms with Gasteiger partial charge in [0.2, 0.25) is 0 Å². The third kappa shape index (κ3) is 1.95. The van der Waals surface area contributed by atoms with Gasteiger partial charge in [0.25, 0.3) is 0 Å². The van der Waals surface area contributed by atoms with Crippen LogP contribution in [0.25, 0.3) is 0 Å². The van der Waals surface area contributed by atoms with Gasteiger partial charge in [0.05, 0.1) is 0 Å². The summed E-state index contributed by atoms with van der Waals surface area (Å²) in [6.45, 7) is 0. The van der Waals surface area contributed by atoms with Crippen LogP contribution in [0, 0.1) is 0 Å². The zero-order chi connectivity index (χ0) is 11.1. The van der Waals surface area contributed by atoms with Gasteiger partial charge in [-0.25, -0.2) is 0 Å². The molecule has 0 saturated heterocycles. The Balaban J connectivity index is 2.09. The van der Waals surface area contributed by atoms with Crippen LogP contribution in [0.4, 0.5) is 0 Å². The first-order valence-corrected chi connectivity index (χ1v) is 7.06. The maximum absolute atomic E-state index is 5.99. The summed E-state index contributed by atoms with van der Waals surface area (Å²) in [4.78, 5) is 4.91. The van der Waals surface area contributed by atoms with Gasteiger partial charge in [-0.05, 0) is 36.4 Å². The number of hydrogen-bond donors (Lipinski definition) is 0. The van der Waals surface area contributed by atoms with Crippen LogP contribution in [0.3, 0.4) is 0 Å². The van der Waals surface area contributed by atoms with Crippen molar-refractivity contribution in [3.05, 3.63) is 46.4 Å². The van der Waals surface area contributed by atoms with Crippen LogP contribution < -0.4 is 0 Å². The lowest BCUT2D eigenvalue weighted by Crippen LogP contribution is -1.88. The smallest absolute Gasteiger partial charge is 0.0418 e. The van der Waals surface area contributed by atoms with Crippen molar-refractivity contribution in [2.24, 2.45) is 0 Å². The van der Waals surface area contributed by atoms with Crippen molar-refractivity contribution in [1.29, 1.82) is 0 Å². The topological polar surface area (TPSA) is 0 Å². The zero-order valence-electron chi connectivity index (χ0n) is 8.04. The molecule has 0 spiro atoms. The van der Waals surface area contributed by atoms with E-state index < -0.39 is 0 Å². The molecule has 1 aliphatic heterocycles. The monoisotopic (exact) mass is 284 g/mol. The van der Waals surface area contributed by atoms with Crippen molar-refractivity contribution >= 4 is 46.7 Å². The molecule has 0 nitrogen and oxygen atoms in total. The molecule has 0 unspecified atom stereocenters. The first kappa shape index (κ1) is 10.8. The summed E-state index contributed by atoms with van der Waals surface area (Å²) in [5, 5.41) is 1.56. The van der Waals surface area contributed by atoms with E-state index in [1.54, 1.807) is 23.5 Å². The summed E-state index contributed by atoms with van der Waals surface area (Å²) in [6, 6.07) is 12.0. The van der Waals surface area contributed by atoms with E-state index in [2.05, 4.69) is 12.1 Å². The van der Waals surface area contributed by atoms with Crippen LogP contribution >= 0.6 is 46.7 Å². The van der Waals surface area contributed by atoms with E-state index in [1.165, 1.54) is 19.6 Å². The van der Waals surface area contributed by atoms with Crippen LogP contribution in [0.1, 0.15) is 0 Å². The van der Waals surface area contributed by atoms with Crippen molar-refractivity contribution in [3.63, 3.8) is 0 Å². The van der Waals surface area contributed by atoms with Gasteiger partial charge in [-0.1, -0.05) is 46.7 Å². The second-order valence-corrected chi connectivity index (χ2v) is 6.43. The van der Waals surface area contributed by atoms with Gasteiger partial charge in [-0.2, -0.15) is 0 Å². The van der Waals surface area contributed by atoms with Gasteiger partial charge in [0, 0.05) is 29.6 Å². The summed E-state index contributed by atoms with van der Waals surface area (Å²) >= 11 is 15.5. The number of hydrogen-bond acceptors (Lipinski definition) is 2. The van der Waals surface area contributed by atoms with Crippen molar-refractivity contribution in [3.8, 4) is 0 Å². The predicted molar refractivity (Wildman–Crippen MR) is 71.2 cm³/mol. The molecule has 0 aromatic heterocycles. The Morgan fingerprint density at radius 1 is 0.625 bits per heavy atom. The Morgan fingerprint density at radius 2 is 1.06 bits per heavy atom. The summed E-state index contributed by atoms with van der Waals surface area (Å²) in [6.07, 6.45) is 0. The number of benzene rings is 2. The highest BCUT2D eigenvalue weighted by Crippen LogP contribution is 2.49. The fourth-order valence-electron chi connectivity index (χ4n) is 1.53. The van der Waals surface area contributed by atoms with Crippen molar-refractivity contribution in [2.75, 3.05) is 0 Å². The maximum atomic E-state index is 5.99. The molecule has 16 heavy (non-hydrogen) atoms. The molecule has 0 N–H and O–H groups in total. The summed E-state index contributed by atoms with van der Waals surface area (Å²) < 4.78 is 0. The zero-order valence-corrected chi connectivity index (χ0v) is 11.2. The minimum absolute atomic E-state index is 0.782. The second kappa shape index (κ2) is 4.19. The lowest BCUT2D eigenvalue weighted by molar-refractivity contribution is 1.16. The molecule has 0 atom stereocenters. The van der Waals surface area contributed by atoms with Gasteiger partial charge in [-0.3, -0.25) is 0 Å². The van der Waals surface area contributed by atoms with E-state index in [0.29, 0.717) is 0 Å². The van der Waals surface area contributed by atoms with E-state index in [0.717, 1.165) is 10.0 Å². The largest absolute Gasteiger partial charge is 0.0877 e. The fourth-order valence-corrected chi connectivity index (χ4v) is 4.28. The molecule has 0 saturated carbocycles. The molecule has 0 amide bonds. The fraction of sp³-hybridized carbons (Fsp3) is 0. The standard InChI is InChI=1S/C12H6Cl2S2/c13-7-1-3-9-11(5-7)16-10-4-2-8(14)6-12(10)15-9/h1-6H. The summed E-state index contributed by atoms with van der Waals surface area (Å²) in [5.41, 5.74) is 0.